The lowest BCUT2D eigenvalue weighted by Gasteiger charge is -2.02. The van der Waals surface area contributed by atoms with Crippen molar-refractivity contribution in [3.05, 3.63) is 51.8 Å². The number of nitro groups is 1. The molecule has 0 aliphatic rings. The highest BCUT2D eigenvalue weighted by Crippen LogP contribution is 2.15. The molecule has 0 aliphatic carbocycles. The minimum Gasteiger partial charge on any atom is -0.404 e. The topological polar surface area (TPSA) is 94.1 Å². The summed E-state index contributed by atoms with van der Waals surface area (Å²) in [6, 6.07) is 4.73. The van der Waals surface area contributed by atoms with E-state index < -0.39 is 4.92 Å². The number of aryl methyl sites for hydroxylation is 1. The molecule has 0 unspecified atom stereocenters. The van der Waals surface area contributed by atoms with Crippen molar-refractivity contribution >= 4 is 5.88 Å². The van der Waals surface area contributed by atoms with Crippen LogP contribution in [0.1, 0.15) is 17.3 Å². The van der Waals surface area contributed by atoms with E-state index in [0.29, 0.717) is 24.7 Å². The zero-order valence-corrected chi connectivity index (χ0v) is 9.79. The predicted octanol–water partition coefficient (Wildman–Crippen LogP) is 1.58. The molecule has 7 heteroatoms. The Balaban J connectivity index is 1.86. The lowest BCUT2D eigenvalue weighted by atomic mass is 10.3. The van der Waals surface area contributed by atoms with Gasteiger partial charge in [-0.05, 0) is 19.1 Å². The van der Waals surface area contributed by atoms with Gasteiger partial charge in [0.25, 0.3) is 0 Å². The summed E-state index contributed by atoms with van der Waals surface area (Å²) >= 11 is 0. The monoisotopic (exact) mass is 248 g/mol. The van der Waals surface area contributed by atoms with Crippen LogP contribution in [0, 0.1) is 17.0 Å². The van der Waals surface area contributed by atoms with Crippen molar-refractivity contribution in [2.75, 3.05) is 0 Å². The molecule has 94 valence electrons. The third-order valence-electron chi connectivity index (χ3n) is 2.27. The van der Waals surface area contributed by atoms with Crippen molar-refractivity contribution in [2.24, 2.45) is 0 Å². The zero-order valence-electron chi connectivity index (χ0n) is 9.79. The second kappa shape index (κ2) is 5.37. The van der Waals surface area contributed by atoms with E-state index in [4.69, 9.17) is 4.42 Å². The van der Waals surface area contributed by atoms with Crippen molar-refractivity contribution < 1.29 is 9.34 Å². The summed E-state index contributed by atoms with van der Waals surface area (Å²) in [5.74, 6) is 0.986. The Morgan fingerprint density at radius 3 is 2.89 bits per heavy atom. The van der Waals surface area contributed by atoms with Crippen LogP contribution in [0.4, 0.5) is 5.88 Å². The van der Waals surface area contributed by atoms with Gasteiger partial charge in [0.1, 0.15) is 16.5 Å². The van der Waals surface area contributed by atoms with Gasteiger partial charge in [0.15, 0.2) is 0 Å². The SMILES string of the molecule is Cc1nccc(CNCc2ccc([N+](=O)[O-])o2)n1. The average molecular weight is 248 g/mol. The van der Waals surface area contributed by atoms with E-state index >= 15 is 0 Å². The fourth-order valence-electron chi connectivity index (χ4n) is 1.48. The molecule has 0 spiro atoms. The fraction of sp³-hybridized carbons (Fsp3) is 0.273. The van der Waals surface area contributed by atoms with Gasteiger partial charge in [-0.15, -0.1) is 0 Å². The maximum atomic E-state index is 10.4. The van der Waals surface area contributed by atoms with Crippen LogP contribution in [-0.2, 0) is 13.1 Å². The second-order valence-electron chi connectivity index (χ2n) is 3.70. The van der Waals surface area contributed by atoms with Gasteiger partial charge >= 0.3 is 5.88 Å². The van der Waals surface area contributed by atoms with Crippen LogP contribution < -0.4 is 5.32 Å². The Hall–Kier alpha value is -2.28. The third kappa shape index (κ3) is 3.11. The molecule has 0 radical (unpaired) electrons. The molecule has 2 aromatic heterocycles. The normalized spacial score (nSPS) is 10.5. The molecule has 2 aromatic rings. The first-order valence-electron chi connectivity index (χ1n) is 5.37. The lowest BCUT2D eigenvalue weighted by molar-refractivity contribution is -0.402. The quantitative estimate of drug-likeness (QED) is 0.637. The summed E-state index contributed by atoms with van der Waals surface area (Å²) in [6.45, 7) is 2.79. The second-order valence-corrected chi connectivity index (χ2v) is 3.70. The Labute approximate surface area is 103 Å². The molecule has 0 amide bonds. The van der Waals surface area contributed by atoms with Crippen LogP contribution in [-0.4, -0.2) is 14.9 Å². The standard InChI is InChI=1S/C11H12N4O3/c1-8-13-5-4-9(14-8)6-12-7-10-2-3-11(18-10)15(16)17/h2-5,12H,6-7H2,1H3. The molecule has 18 heavy (non-hydrogen) atoms. The number of nitrogens with zero attached hydrogens (tertiary/aromatic N) is 3. The number of aromatic nitrogens is 2. The van der Waals surface area contributed by atoms with Crippen molar-refractivity contribution in [3.63, 3.8) is 0 Å². The van der Waals surface area contributed by atoms with Crippen LogP contribution in [0.15, 0.2) is 28.8 Å². The molecule has 0 aliphatic heterocycles. The van der Waals surface area contributed by atoms with Crippen LogP contribution in [0.2, 0.25) is 0 Å². The van der Waals surface area contributed by atoms with Crippen LogP contribution in [0.3, 0.4) is 0 Å². The molecular weight excluding hydrogens is 236 g/mol. The molecule has 7 nitrogen and oxygen atoms in total. The van der Waals surface area contributed by atoms with Crippen LogP contribution in [0.25, 0.3) is 0 Å². The number of hydrogen-bond acceptors (Lipinski definition) is 6. The summed E-state index contributed by atoms with van der Waals surface area (Å²) in [6.07, 6.45) is 1.69. The Bertz CT molecular complexity index is 553. The Morgan fingerprint density at radius 2 is 2.22 bits per heavy atom. The van der Waals surface area contributed by atoms with Crippen molar-refractivity contribution in [1.82, 2.24) is 15.3 Å². The molecule has 0 atom stereocenters. The van der Waals surface area contributed by atoms with Gasteiger partial charge in [0.2, 0.25) is 0 Å². The van der Waals surface area contributed by atoms with E-state index in [1.807, 2.05) is 13.0 Å². The minimum absolute atomic E-state index is 0.246. The molecule has 0 bridgehead atoms. The molecule has 0 aromatic carbocycles. The zero-order chi connectivity index (χ0) is 13.0. The lowest BCUT2D eigenvalue weighted by Crippen LogP contribution is -2.13. The Morgan fingerprint density at radius 1 is 1.39 bits per heavy atom. The van der Waals surface area contributed by atoms with E-state index in [9.17, 15) is 10.1 Å². The molecular formula is C11H12N4O3. The van der Waals surface area contributed by atoms with Crippen LogP contribution >= 0.6 is 0 Å². The van der Waals surface area contributed by atoms with E-state index in [-0.39, 0.29) is 5.88 Å². The first-order valence-corrected chi connectivity index (χ1v) is 5.37. The fourth-order valence-corrected chi connectivity index (χ4v) is 1.48. The predicted molar refractivity (Wildman–Crippen MR) is 62.7 cm³/mol. The van der Waals surface area contributed by atoms with Gasteiger partial charge in [-0.25, -0.2) is 9.97 Å². The van der Waals surface area contributed by atoms with Gasteiger partial charge in [0.05, 0.1) is 18.3 Å². The van der Waals surface area contributed by atoms with Gasteiger partial charge in [-0.1, -0.05) is 0 Å². The maximum absolute atomic E-state index is 10.4. The number of nitrogens with one attached hydrogen (secondary N) is 1. The van der Waals surface area contributed by atoms with Gasteiger partial charge in [-0.2, -0.15) is 0 Å². The number of hydrogen-bond donors (Lipinski definition) is 1. The average Bonchev–Trinajstić information content (AvgIpc) is 2.78. The highest BCUT2D eigenvalue weighted by atomic mass is 16.6. The Kier molecular flexibility index (Phi) is 3.63. The van der Waals surface area contributed by atoms with E-state index in [2.05, 4.69) is 15.3 Å². The molecule has 0 saturated heterocycles. The molecule has 0 saturated carbocycles. The molecule has 0 fully saturated rings. The number of furan rings is 1. The van der Waals surface area contributed by atoms with E-state index in [0.717, 1.165) is 5.69 Å². The summed E-state index contributed by atoms with van der Waals surface area (Å²) in [5, 5.41) is 13.5. The van der Waals surface area contributed by atoms with Crippen molar-refractivity contribution in [3.8, 4) is 0 Å². The first-order chi connectivity index (χ1) is 8.65. The molecule has 1 N–H and O–H groups in total. The highest BCUT2D eigenvalue weighted by Gasteiger charge is 2.11. The number of rotatable bonds is 5. The van der Waals surface area contributed by atoms with Gasteiger partial charge in [-0.3, -0.25) is 10.1 Å². The largest absolute Gasteiger partial charge is 0.433 e. The molecule has 2 heterocycles. The summed E-state index contributed by atoms with van der Waals surface area (Å²) in [5.41, 5.74) is 0.864. The van der Waals surface area contributed by atoms with E-state index in [1.54, 1.807) is 12.3 Å². The summed E-state index contributed by atoms with van der Waals surface area (Å²) in [4.78, 5) is 18.1. The van der Waals surface area contributed by atoms with Gasteiger partial charge in [0, 0.05) is 12.7 Å². The maximum Gasteiger partial charge on any atom is 0.433 e. The smallest absolute Gasteiger partial charge is 0.404 e. The van der Waals surface area contributed by atoms with Crippen molar-refractivity contribution in [1.29, 1.82) is 0 Å². The van der Waals surface area contributed by atoms with Gasteiger partial charge < -0.3 is 9.73 Å². The third-order valence-corrected chi connectivity index (χ3v) is 2.27. The summed E-state index contributed by atoms with van der Waals surface area (Å²) < 4.78 is 5.01. The van der Waals surface area contributed by atoms with Crippen molar-refractivity contribution in [2.45, 2.75) is 20.0 Å². The first kappa shape index (κ1) is 12.2. The van der Waals surface area contributed by atoms with E-state index in [1.165, 1.54) is 6.07 Å². The minimum atomic E-state index is -0.558. The highest BCUT2D eigenvalue weighted by molar-refractivity contribution is 5.17. The molecule has 2 rings (SSSR count). The van der Waals surface area contributed by atoms with Crippen LogP contribution in [0.5, 0.6) is 0 Å². The summed E-state index contributed by atoms with van der Waals surface area (Å²) in [7, 11) is 0.